The number of hydrogen-bond donors (Lipinski definition) is 2. The van der Waals surface area contributed by atoms with Crippen LogP contribution in [0.5, 0.6) is 0 Å². The Bertz CT molecular complexity index is 327. The lowest BCUT2D eigenvalue weighted by molar-refractivity contribution is -0.190. The highest BCUT2D eigenvalue weighted by Crippen LogP contribution is 2.64. The van der Waals surface area contributed by atoms with Crippen LogP contribution in [0.1, 0.15) is 58.3 Å². The molecule has 3 nitrogen and oxygen atoms in total. The molecule has 102 valence electrons. The van der Waals surface area contributed by atoms with Gasteiger partial charge in [0.25, 0.3) is 0 Å². The van der Waals surface area contributed by atoms with Gasteiger partial charge in [-0.1, -0.05) is 6.92 Å². The molecular weight excluding hydrogens is 228 g/mol. The molecule has 0 radical (unpaired) electrons. The van der Waals surface area contributed by atoms with Crippen LogP contribution in [0.25, 0.3) is 0 Å². The molecule has 4 aliphatic rings. The lowest BCUT2D eigenvalue weighted by Crippen LogP contribution is -2.58. The predicted molar refractivity (Wildman–Crippen MR) is 68.1 cm³/mol. The van der Waals surface area contributed by atoms with Crippen LogP contribution in [0.3, 0.4) is 0 Å². The third kappa shape index (κ3) is 1.70. The quantitative estimate of drug-likeness (QED) is 0.809. The molecule has 0 saturated heterocycles. The van der Waals surface area contributed by atoms with Gasteiger partial charge in [-0.15, -0.1) is 0 Å². The smallest absolute Gasteiger partial charge is 0.306 e. The first-order chi connectivity index (χ1) is 8.46. The van der Waals surface area contributed by atoms with Crippen LogP contribution in [-0.4, -0.2) is 21.8 Å². The van der Waals surface area contributed by atoms with Crippen molar-refractivity contribution in [3.63, 3.8) is 0 Å². The van der Waals surface area contributed by atoms with E-state index >= 15 is 0 Å². The van der Waals surface area contributed by atoms with Crippen molar-refractivity contribution >= 4 is 5.97 Å². The molecule has 2 N–H and O–H groups in total. The van der Waals surface area contributed by atoms with E-state index in [-0.39, 0.29) is 11.8 Å². The minimum Gasteiger partial charge on any atom is -0.481 e. The summed E-state index contributed by atoms with van der Waals surface area (Å²) in [6.07, 6.45) is 7.68. The number of carboxylic acid groups (broad SMARTS) is 1. The van der Waals surface area contributed by atoms with Gasteiger partial charge in [0.2, 0.25) is 0 Å². The first-order valence-electron chi connectivity index (χ1n) is 7.40. The Labute approximate surface area is 109 Å². The molecule has 0 aromatic carbocycles. The maximum atomic E-state index is 11.1. The zero-order valence-electron chi connectivity index (χ0n) is 11.2. The van der Waals surface area contributed by atoms with Crippen molar-refractivity contribution in [3.05, 3.63) is 0 Å². The van der Waals surface area contributed by atoms with E-state index in [0.717, 1.165) is 37.0 Å². The van der Waals surface area contributed by atoms with Gasteiger partial charge in [0.05, 0.1) is 12.0 Å². The van der Waals surface area contributed by atoms with Gasteiger partial charge in [-0.3, -0.25) is 4.79 Å². The standard InChI is InChI=1S/C15H24O3/c1-2-15(18,9-13(16)17)14-6-10-3-11(7-14)5-12(4-10)8-14/h10-12,18H,2-9H2,1H3,(H,16,17). The summed E-state index contributed by atoms with van der Waals surface area (Å²) < 4.78 is 0. The van der Waals surface area contributed by atoms with Gasteiger partial charge in [-0.25, -0.2) is 0 Å². The summed E-state index contributed by atoms with van der Waals surface area (Å²) in [6.45, 7) is 1.95. The fraction of sp³-hybridized carbons (Fsp3) is 0.933. The molecule has 0 spiro atoms. The second-order valence-corrected chi connectivity index (χ2v) is 7.15. The lowest BCUT2D eigenvalue weighted by Gasteiger charge is -2.62. The zero-order chi connectivity index (χ0) is 13.0. The lowest BCUT2D eigenvalue weighted by atomic mass is 9.44. The largest absolute Gasteiger partial charge is 0.481 e. The molecule has 4 aliphatic carbocycles. The highest BCUT2D eigenvalue weighted by atomic mass is 16.4. The molecule has 0 aromatic heterocycles. The predicted octanol–water partition coefficient (Wildman–Crippen LogP) is 2.82. The minimum atomic E-state index is -0.977. The van der Waals surface area contributed by atoms with E-state index in [1.807, 2.05) is 6.92 Å². The molecule has 3 heteroatoms. The van der Waals surface area contributed by atoms with Crippen molar-refractivity contribution in [2.45, 2.75) is 63.9 Å². The first kappa shape index (κ1) is 12.5. The average molecular weight is 252 g/mol. The van der Waals surface area contributed by atoms with Crippen LogP contribution in [0, 0.1) is 23.2 Å². The van der Waals surface area contributed by atoms with Crippen molar-refractivity contribution in [2.24, 2.45) is 23.2 Å². The molecule has 0 aromatic rings. The zero-order valence-corrected chi connectivity index (χ0v) is 11.2. The van der Waals surface area contributed by atoms with Crippen LogP contribution < -0.4 is 0 Å². The Hall–Kier alpha value is -0.570. The number of rotatable bonds is 4. The van der Waals surface area contributed by atoms with Gasteiger partial charge in [-0.05, 0) is 62.7 Å². The Morgan fingerprint density at radius 3 is 1.94 bits per heavy atom. The Kier molecular flexibility index (Phi) is 2.74. The van der Waals surface area contributed by atoms with Gasteiger partial charge >= 0.3 is 5.97 Å². The average Bonchev–Trinajstić information content (AvgIpc) is 2.25. The molecule has 18 heavy (non-hydrogen) atoms. The minimum absolute atomic E-state index is 0.0738. The summed E-state index contributed by atoms with van der Waals surface area (Å²) in [5, 5.41) is 20.1. The summed E-state index contributed by atoms with van der Waals surface area (Å²) in [5.74, 6) is 1.41. The van der Waals surface area contributed by atoms with Gasteiger partial charge in [0.1, 0.15) is 0 Å². The number of aliphatic hydroxyl groups is 1. The van der Waals surface area contributed by atoms with Crippen LogP contribution in [0.4, 0.5) is 0 Å². The molecule has 4 bridgehead atoms. The Morgan fingerprint density at radius 1 is 1.17 bits per heavy atom. The normalized spacial score (nSPS) is 44.9. The summed E-state index contributed by atoms with van der Waals surface area (Å²) in [4.78, 5) is 11.1. The van der Waals surface area contributed by atoms with E-state index in [9.17, 15) is 9.90 Å². The third-order valence-electron chi connectivity index (χ3n) is 6.05. The van der Waals surface area contributed by atoms with Crippen LogP contribution in [0.2, 0.25) is 0 Å². The van der Waals surface area contributed by atoms with Crippen LogP contribution in [0.15, 0.2) is 0 Å². The van der Waals surface area contributed by atoms with Gasteiger partial charge in [-0.2, -0.15) is 0 Å². The molecule has 0 heterocycles. The van der Waals surface area contributed by atoms with E-state index in [0.29, 0.717) is 6.42 Å². The SMILES string of the molecule is CCC(O)(CC(=O)O)C12CC3CC(CC(C3)C1)C2. The van der Waals surface area contributed by atoms with Crippen molar-refractivity contribution < 1.29 is 15.0 Å². The fourth-order valence-corrected chi connectivity index (χ4v) is 5.62. The highest BCUT2D eigenvalue weighted by molar-refractivity contribution is 5.68. The number of carboxylic acids is 1. The molecule has 1 unspecified atom stereocenters. The van der Waals surface area contributed by atoms with Crippen LogP contribution >= 0.6 is 0 Å². The first-order valence-corrected chi connectivity index (χ1v) is 7.40. The van der Waals surface area contributed by atoms with Crippen molar-refractivity contribution in [2.75, 3.05) is 0 Å². The topological polar surface area (TPSA) is 57.5 Å². The van der Waals surface area contributed by atoms with E-state index in [2.05, 4.69) is 0 Å². The second kappa shape index (κ2) is 3.96. The van der Waals surface area contributed by atoms with Gasteiger partial charge in [0, 0.05) is 5.41 Å². The summed E-state index contributed by atoms with van der Waals surface area (Å²) >= 11 is 0. The Balaban J connectivity index is 1.91. The molecular formula is C15H24O3. The van der Waals surface area contributed by atoms with E-state index in [1.165, 1.54) is 19.3 Å². The van der Waals surface area contributed by atoms with Gasteiger partial charge in [0.15, 0.2) is 0 Å². The highest BCUT2D eigenvalue weighted by Gasteiger charge is 2.59. The number of aliphatic carboxylic acids is 1. The van der Waals surface area contributed by atoms with Crippen molar-refractivity contribution in [1.82, 2.24) is 0 Å². The second-order valence-electron chi connectivity index (χ2n) is 7.15. The van der Waals surface area contributed by atoms with Gasteiger partial charge < -0.3 is 10.2 Å². The number of carbonyl (C=O) groups is 1. The molecule has 4 saturated carbocycles. The fourth-order valence-electron chi connectivity index (χ4n) is 5.62. The summed E-state index contributed by atoms with van der Waals surface area (Å²) in [7, 11) is 0. The monoisotopic (exact) mass is 252 g/mol. The Morgan fingerprint density at radius 2 is 1.61 bits per heavy atom. The van der Waals surface area contributed by atoms with E-state index < -0.39 is 11.6 Å². The summed E-state index contributed by atoms with van der Waals surface area (Å²) in [6, 6.07) is 0. The maximum Gasteiger partial charge on any atom is 0.306 e. The molecule has 4 fully saturated rings. The summed E-state index contributed by atoms with van der Waals surface area (Å²) in [5.41, 5.74) is -1.07. The van der Waals surface area contributed by atoms with Crippen molar-refractivity contribution in [1.29, 1.82) is 0 Å². The van der Waals surface area contributed by atoms with E-state index in [4.69, 9.17) is 5.11 Å². The molecule has 0 amide bonds. The number of hydrogen-bond acceptors (Lipinski definition) is 2. The maximum absolute atomic E-state index is 11.1. The third-order valence-corrected chi connectivity index (χ3v) is 6.05. The molecule has 0 aliphatic heterocycles. The van der Waals surface area contributed by atoms with E-state index in [1.54, 1.807) is 0 Å². The molecule has 4 rings (SSSR count). The van der Waals surface area contributed by atoms with Crippen LogP contribution in [-0.2, 0) is 4.79 Å². The molecule has 1 atom stereocenters. The van der Waals surface area contributed by atoms with Crippen molar-refractivity contribution in [3.8, 4) is 0 Å².